The summed E-state index contributed by atoms with van der Waals surface area (Å²) >= 11 is 6.36. The Balaban J connectivity index is 1.96. The smallest absolute Gasteiger partial charge is 0.135 e. The molecule has 0 radical (unpaired) electrons. The van der Waals surface area contributed by atoms with Crippen molar-refractivity contribution < 1.29 is 4.42 Å². The zero-order valence-electron chi connectivity index (χ0n) is 12.2. The molecule has 0 saturated carbocycles. The number of hydrogen-bond donors (Lipinski definition) is 1. The number of hydrogen-bond acceptors (Lipinski definition) is 2. The lowest BCUT2D eigenvalue weighted by molar-refractivity contribution is 0.631. The number of rotatable bonds is 4. The average molecular weight is 300 g/mol. The van der Waals surface area contributed by atoms with Gasteiger partial charge in [0.1, 0.15) is 11.3 Å². The Morgan fingerprint density at radius 1 is 1.10 bits per heavy atom. The fourth-order valence-corrected chi connectivity index (χ4v) is 2.66. The fraction of sp³-hybridized carbons (Fsp3) is 0.222. The highest BCUT2D eigenvalue weighted by atomic mass is 35.5. The van der Waals surface area contributed by atoms with Crippen LogP contribution in [0.3, 0.4) is 0 Å². The van der Waals surface area contributed by atoms with Crippen molar-refractivity contribution in [2.24, 2.45) is 0 Å². The molecule has 0 aliphatic heterocycles. The number of halogens is 1. The molecular weight excluding hydrogens is 282 g/mol. The standard InChI is InChI=1S/C18H18ClNO/c1-3-20-11-14-6-5-13(9-16(14)19)18-10-15-8-12(2)4-7-17(15)21-18/h4-10,20H,3,11H2,1-2H3. The maximum absolute atomic E-state index is 6.36. The van der Waals surface area contributed by atoms with Gasteiger partial charge in [0.2, 0.25) is 0 Å². The topological polar surface area (TPSA) is 25.2 Å². The van der Waals surface area contributed by atoms with Crippen LogP contribution < -0.4 is 5.32 Å². The quantitative estimate of drug-likeness (QED) is 0.719. The molecule has 0 amide bonds. The maximum atomic E-state index is 6.36. The van der Waals surface area contributed by atoms with Crippen molar-refractivity contribution in [3.63, 3.8) is 0 Å². The zero-order chi connectivity index (χ0) is 14.8. The molecule has 1 N–H and O–H groups in total. The van der Waals surface area contributed by atoms with Crippen LogP contribution in [-0.4, -0.2) is 6.54 Å². The number of aryl methyl sites for hydroxylation is 1. The number of benzene rings is 2. The molecule has 3 rings (SSSR count). The number of fused-ring (bicyclic) bond motifs is 1. The summed E-state index contributed by atoms with van der Waals surface area (Å²) in [4.78, 5) is 0. The summed E-state index contributed by atoms with van der Waals surface area (Å²) in [6.07, 6.45) is 0. The Morgan fingerprint density at radius 3 is 2.71 bits per heavy atom. The van der Waals surface area contributed by atoms with Crippen LogP contribution in [0.4, 0.5) is 0 Å². The molecule has 0 spiro atoms. The highest BCUT2D eigenvalue weighted by molar-refractivity contribution is 6.31. The Kier molecular flexibility index (Phi) is 4.00. The molecule has 2 nitrogen and oxygen atoms in total. The van der Waals surface area contributed by atoms with Crippen molar-refractivity contribution in [1.82, 2.24) is 5.32 Å². The van der Waals surface area contributed by atoms with Crippen molar-refractivity contribution in [3.8, 4) is 11.3 Å². The third-order valence-corrected chi connectivity index (χ3v) is 3.93. The van der Waals surface area contributed by atoms with E-state index in [0.29, 0.717) is 0 Å². The molecule has 0 saturated heterocycles. The third kappa shape index (κ3) is 2.97. The van der Waals surface area contributed by atoms with Gasteiger partial charge in [-0.3, -0.25) is 0 Å². The first-order valence-electron chi connectivity index (χ1n) is 7.17. The largest absolute Gasteiger partial charge is 0.456 e. The first-order valence-corrected chi connectivity index (χ1v) is 7.55. The van der Waals surface area contributed by atoms with Gasteiger partial charge >= 0.3 is 0 Å². The van der Waals surface area contributed by atoms with Crippen LogP contribution in [0, 0.1) is 6.92 Å². The summed E-state index contributed by atoms with van der Waals surface area (Å²) in [7, 11) is 0. The minimum Gasteiger partial charge on any atom is -0.456 e. The Morgan fingerprint density at radius 2 is 1.95 bits per heavy atom. The normalized spacial score (nSPS) is 11.2. The van der Waals surface area contributed by atoms with Gasteiger partial charge in [-0.05, 0) is 43.3 Å². The van der Waals surface area contributed by atoms with E-state index in [1.807, 2.05) is 12.1 Å². The third-order valence-electron chi connectivity index (χ3n) is 3.57. The lowest BCUT2D eigenvalue weighted by atomic mass is 10.1. The lowest BCUT2D eigenvalue weighted by Crippen LogP contribution is -2.11. The lowest BCUT2D eigenvalue weighted by Gasteiger charge is -2.06. The predicted molar refractivity (Wildman–Crippen MR) is 88.8 cm³/mol. The maximum Gasteiger partial charge on any atom is 0.135 e. The fourth-order valence-electron chi connectivity index (χ4n) is 2.41. The van der Waals surface area contributed by atoms with Crippen molar-refractivity contribution in [2.45, 2.75) is 20.4 Å². The molecular formula is C18H18ClNO. The zero-order valence-corrected chi connectivity index (χ0v) is 13.0. The minimum atomic E-state index is 0.769. The summed E-state index contributed by atoms with van der Waals surface area (Å²) in [6.45, 7) is 5.88. The average Bonchev–Trinajstić information content (AvgIpc) is 2.89. The van der Waals surface area contributed by atoms with Crippen molar-refractivity contribution in [3.05, 3.63) is 58.6 Å². The van der Waals surface area contributed by atoms with Crippen LogP contribution >= 0.6 is 11.6 Å². The van der Waals surface area contributed by atoms with Gasteiger partial charge in [-0.1, -0.05) is 42.3 Å². The first-order chi connectivity index (χ1) is 10.2. The summed E-state index contributed by atoms with van der Waals surface area (Å²) in [5, 5.41) is 5.18. The van der Waals surface area contributed by atoms with Gasteiger partial charge in [-0.25, -0.2) is 0 Å². The van der Waals surface area contributed by atoms with E-state index in [1.165, 1.54) is 5.56 Å². The Hall–Kier alpha value is -1.77. The van der Waals surface area contributed by atoms with Crippen LogP contribution in [0.25, 0.3) is 22.3 Å². The second-order valence-electron chi connectivity index (χ2n) is 5.24. The molecule has 3 heteroatoms. The van der Waals surface area contributed by atoms with E-state index in [2.05, 4.69) is 49.5 Å². The Bertz CT molecular complexity index is 776. The van der Waals surface area contributed by atoms with E-state index >= 15 is 0 Å². The van der Waals surface area contributed by atoms with E-state index in [9.17, 15) is 0 Å². The van der Waals surface area contributed by atoms with Crippen molar-refractivity contribution >= 4 is 22.6 Å². The molecule has 1 heterocycles. The molecule has 3 aromatic rings. The van der Waals surface area contributed by atoms with Crippen molar-refractivity contribution in [1.29, 1.82) is 0 Å². The summed E-state index contributed by atoms with van der Waals surface area (Å²) in [5.74, 6) is 0.854. The molecule has 0 bridgehead atoms. The second-order valence-corrected chi connectivity index (χ2v) is 5.65. The molecule has 21 heavy (non-hydrogen) atoms. The summed E-state index contributed by atoms with van der Waals surface area (Å²) in [5.41, 5.74) is 4.25. The minimum absolute atomic E-state index is 0.769. The molecule has 0 aliphatic rings. The van der Waals surface area contributed by atoms with Gasteiger partial charge in [-0.15, -0.1) is 0 Å². The van der Waals surface area contributed by atoms with Crippen molar-refractivity contribution in [2.75, 3.05) is 6.54 Å². The number of nitrogens with one attached hydrogen (secondary N) is 1. The summed E-state index contributed by atoms with van der Waals surface area (Å²) in [6, 6.07) is 14.3. The van der Waals surface area contributed by atoms with E-state index in [0.717, 1.165) is 46.0 Å². The van der Waals surface area contributed by atoms with Crippen LogP contribution in [0.5, 0.6) is 0 Å². The van der Waals surface area contributed by atoms with Gasteiger partial charge in [0.05, 0.1) is 0 Å². The van der Waals surface area contributed by atoms with Crippen LogP contribution in [-0.2, 0) is 6.54 Å². The molecule has 0 atom stereocenters. The van der Waals surface area contributed by atoms with E-state index in [4.69, 9.17) is 16.0 Å². The molecule has 2 aromatic carbocycles. The molecule has 0 fully saturated rings. The van der Waals surface area contributed by atoms with E-state index < -0.39 is 0 Å². The predicted octanol–water partition coefficient (Wildman–Crippen LogP) is 5.17. The van der Waals surface area contributed by atoms with Gasteiger partial charge in [-0.2, -0.15) is 0 Å². The van der Waals surface area contributed by atoms with Crippen LogP contribution in [0.15, 0.2) is 46.9 Å². The SMILES string of the molecule is CCNCc1ccc(-c2cc3cc(C)ccc3o2)cc1Cl. The highest BCUT2D eigenvalue weighted by Crippen LogP contribution is 2.31. The van der Waals surface area contributed by atoms with Crippen LogP contribution in [0.2, 0.25) is 5.02 Å². The Labute approximate surface area is 129 Å². The number of furan rings is 1. The van der Waals surface area contributed by atoms with Gasteiger partial charge < -0.3 is 9.73 Å². The van der Waals surface area contributed by atoms with Gasteiger partial charge in [0.15, 0.2) is 0 Å². The molecule has 108 valence electrons. The van der Waals surface area contributed by atoms with Gasteiger partial charge in [0.25, 0.3) is 0 Å². The molecule has 1 aromatic heterocycles. The van der Waals surface area contributed by atoms with E-state index in [-0.39, 0.29) is 0 Å². The molecule has 0 aliphatic carbocycles. The molecule has 0 unspecified atom stereocenters. The van der Waals surface area contributed by atoms with Gasteiger partial charge in [0, 0.05) is 22.5 Å². The first kappa shape index (κ1) is 14.2. The monoisotopic (exact) mass is 299 g/mol. The van der Waals surface area contributed by atoms with E-state index in [1.54, 1.807) is 0 Å². The highest BCUT2D eigenvalue weighted by Gasteiger charge is 2.08. The van der Waals surface area contributed by atoms with Crippen LogP contribution in [0.1, 0.15) is 18.1 Å². The summed E-state index contributed by atoms with van der Waals surface area (Å²) < 4.78 is 5.91. The second kappa shape index (κ2) is 5.92.